The normalized spacial score (nSPS) is 14.2. The number of ether oxygens (including phenoxy) is 1. The Morgan fingerprint density at radius 2 is 0.983 bits per heavy atom. The molecule has 59 heavy (non-hydrogen) atoms. The SMILES string of the molecule is CC/C=C\C/C=C\C/C=C\C/C=C\C/C=C\CCCCCCCCCC(=O)OCC(O)COP(=O)(O)OCC(NC(=O)CCCCCCCCCCCCCC)C(=O)O. The number of carbonyl (C=O) groups excluding carboxylic acids is 2. The summed E-state index contributed by atoms with van der Waals surface area (Å²) in [4.78, 5) is 45.9. The Hall–Kier alpha value is -2.82. The molecule has 0 saturated carbocycles. The van der Waals surface area contributed by atoms with Gasteiger partial charge in [0.2, 0.25) is 5.91 Å². The number of allylic oxidation sites excluding steroid dienone is 10. The Balaban J connectivity index is 3.87. The number of aliphatic hydroxyl groups is 1. The van der Waals surface area contributed by atoms with Crippen molar-refractivity contribution in [3.05, 3.63) is 60.8 Å². The summed E-state index contributed by atoms with van der Waals surface area (Å²) < 4.78 is 26.8. The average molecular weight is 852 g/mol. The van der Waals surface area contributed by atoms with Crippen LogP contribution in [-0.4, -0.2) is 64.9 Å². The third-order valence-electron chi connectivity index (χ3n) is 9.57. The van der Waals surface area contributed by atoms with Crippen molar-refractivity contribution in [2.24, 2.45) is 0 Å². The number of hydrogen-bond acceptors (Lipinski definition) is 8. The number of carbonyl (C=O) groups is 3. The molecule has 0 aromatic heterocycles. The fourth-order valence-corrected chi connectivity index (χ4v) is 6.82. The van der Waals surface area contributed by atoms with Crippen molar-refractivity contribution in [1.29, 1.82) is 0 Å². The molecule has 0 heterocycles. The van der Waals surface area contributed by atoms with E-state index < -0.39 is 57.6 Å². The van der Waals surface area contributed by atoms with Crippen molar-refractivity contribution in [3.8, 4) is 0 Å². The summed E-state index contributed by atoms with van der Waals surface area (Å²) in [5, 5.41) is 21.8. The van der Waals surface area contributed by atoms with E-state index in [0.29, 0.717) is 12.8 Å². The largest absolute Gasteiger partial charge is 0.480 e. The molecular weight excluding hydrogens is 769 g/mol. The van der Waals surface area contributed by atoms with E-state index in [1.807, 2.05) is 0 Å². The van der Waals surface area contributed by atoms with Crippen molar-refractivity contribution >= 4 is 25.7 Å². The van der Waals surface area contributed by atoms with E-state index >= 15 is 0 Å². The quantitative estimate of drug-likeness (QED) is 0.0201. The monoisotopic (exact) mass is 852 g/mol. The van der Waals surface area contributed by atoms with Crippen molar-refractivity contribution in [2.45, 2.75) is 199 Å². The van der Waals surface area contributed by atoms with Gasteiger partial charge < -0.3 is 25.2 Å². The van der Waals surface area contributed by atoms with Crippen molar-refractivity contribution in [3.63, 3.8) is 0 Å². The maximum atomic E-state index is 12.3. The molecule has 0 aromatic rings. The van der Waals surface area contributed by atoms with Gasteiger partial charge in [0, 0.05) is 12.8 Å². The van der Waals surface area contributed by atoms with E-state index in [9.17, 15) is 34.1 Å². The lowest BCUT2D eigenvalue weighted by atomic mass is 10.0. The minimum Gasteiger partial charge on any atom is -0.480 e. The number of nitrogens with one attached hydrogen (secondary N) is 1. The van der Waals surface area contributed by atoms with Gasteiger partial charge in [-0.1, -0.05) is 177 Å². The first kappa shape index (κ1) is 56.2. The third kappa shape index (κ3) is 41.7. The lowest BCUT2D eigenvalue weighted by Gasteiger charge is -2.18. The fraction of sp³-hybridized carbons (Fsp3) is 0.723. The molecule has 0 aromatic carbocycles. The van der Waals surface area contributed by atoms with Gasteiger partial charge in [-0.3, -0.25) is 18.6 Å². The highest BCUT2D eigenvalue weighted by molar-refractivity contribution is 7.47. The number of rotatable bonds is 42. The fourth-order valence-electron chi connectivity index (χ4n) is 6.05. The van der Waals surface area contributed by atoms with Crippen molar-refractivity contribution < 1.29 is 47.8 Å². The zero-order valence-corrected chi connectivity index (χ0v) is 37.7. The molecule has 12 heteroatoms. The minimum atomic E-state index is -4.76. The van der Waals surface area contributed by atoms with Gasteiger partial charge in [0.25, 0.3) is 0 Å². The molecule has 0 spiro atoms. The summed E-state index contributed by atoms with van der Waals surface area (Å²) >= 11 is 0. The second kappa shape index (κ2) is 41.9. The number of aliphatic hydroxyl groups excluding tert-OH is 1. The number of phosphoric ester groups is 1. The summed E-state index contributed by atoms with van der Waals surface area (Å²) in [5.41, 5.74) is 0. The zero-order chi connectivity index (χ0) is 43.5. The maximum absolute atomic E-state index is 12.3. The summed E-state index contributed by atoms with van der Waals surface area (Å²) in [6.07, 6.45) is 48.2. The Morgan fingerprint density at radius 3 is 1.47 bits per heavy atom. The predicted octanol–water partition coefficient (Wildman–Crippen LogP) is 11.9. The molecule has 0 rings (SSSR count). The van der Waals surface area contributed by atoms with Gasteiger partial charge in [0.15, 0.2) is 6.04 Å². The predicted molar refractivity (Wildman–Crippen MR) is 240 cm³/mol. The van der Waals surface area contributed by atoms with Crippen LogP contribution >= 0.6 is 7.82 Å². The second-order valence-corrected chi connectivity index (χ2v) is 16.7. The smallest absolute Gasteiger partial charge is 0.472 e. The molecule has 3 atom stereocenters. The Bertz CT molecular complexity index is 1230. The van der Waals surface area contributed by atoms with Crippen LogP contribution in [0.1, 0.15) is 187 Å². The van der Waals surface area contributed by atoms with Crippen LogP contribution in [0.15, 0.2) is 60.8 Å². The van der Waals surface area contributed by atoms with Gasteiger partial charge >= 0.3 is 19.8 Å². The summed E-state index contributed by atoms with van der Waals surface area (Å²) in [7, 11) is -4.76. The molecule has 4 N–H and O–H groups in total. The number of hydrogen-bond donors (Lipinski definition) is 4. The first-order valence-electron chi connectivity index (χ1n) is 22.8. The molecule has 0 saturated heterocycles. The third-order valence-corrected chi connectivity index (χ3v) is 10.5. The molecule has 340 valence electrons. The molecule has 3 unspecified atom stereocenters. The van der Waals surface area contributed by atoms with E-state index in [2.05, 4.69) is 79.9 Å². The summed E-state index contributed by atoms with van der Waals surface area (Å²) in [6.45, 7) is 2.46. The molecule has 11 nitrogen and oxygen atoms in total. The number of aliphatic carboxylic acids is 1. The van der Waals surface area contributed by atoms with Crippen molar-refractivity contribution in [1.82, 2.24) is 5.32 Å². The van der Waals surface area contributed by atoms with Crippen LogP contribution in [0.4, 0.5) is 0 Å². The molecule has 0 aliphatic rings. The molecule has 0 aliphatic heterocycles. The van der Waals surface area contributed by atoms with E-state index in [-0.39, 0.29) is 12.8 Å². The van der Waals surface area contributed by atoms with Crippen LogP contribution in [0, 0.1) is 0 Å². The highest BCUT2D eigenvalue weighted by Crippen LogP contribution is 2.43. The van der Waals surface area contributed by atoms with Gasteiger partial charge in [0.05, 0.1) is 13.2 Å². The molecule has 0 aliphatic carbocycles. The minimum absolute atomic E-state index is 0.146. The lowest BCUT2D eigenvalue weighted by Crippen LogP contribution is -2.43. The molecule has 0 bridgehead atoms. The Labute approximate surface area is 357 Å². The summed E-state index contributed by atoms with van der Waals surface area (Å²) in [5.74, 6) is -2.39. The van der Waals surface area contributed by atoms with Crippen LogP contribution in [-0.2, 0) is 32.7 Å². The number of amides is 1. The number of carboxylic acids is 1. The number of carboxylic acid groups (broad SMARTS) is 1. The van der Waals surface area contributed by atoms with Crippen LogP contribution in [0.3, 0.4) is 0 Å². The molecule has 0 radical (unpaired) electrons. The molecule has 0 fully saturated rings. The van der Waals surface area contributed by atoms with E-state index in [0.717, 1.165) is 83.5 Å². The lowest BCUT2D eigenvalue weighted by molar-refractivity contribution is -0.147. The second-order valence-electron chi connectivity index (χ2n) is 15.2. The highest BCUT2D eigenvalue weighted by atomic mass is 31.2. The molecule has 1 amide bonds. The van der Waals surface area contributed by atoms with Crippen LogP contribution in [0.5, 0.6) is 0 Å². The zero-order valence-electron chi connectivity index (χ0n) is 36.8. The maximum Gasteiger partial charge on any atom is 0.472 e. The number of esters is 1. The van der Waals surface area contributed by atoms with Crippen LogP contribution in [0.2, 0.25) is 0 Å². The van der Waals surface area contributed by atoms with E-state index in [4.69, 9.17) is 13.8 Å². The van der Waals surface area contributed by atoms with Crippen molar-refractivity contribution in [2.75, 3.05) is 19.8 Å². The standard InChI is InChI=1S/C47H82NO10P/c1-3-5-7-9-11-13-15-17-18-19-20-21-22-23-24-25-26-27-29-31-33-35-37-39-46(51)56-40-43(49)41-57-59(54,55)58-42-44(47(52)53)48-45(50)38-36-34-32-30-28-16-14-12-10-8-6-4-2/h5,7,11,13,17-18,20-21,23-24,43-44,49H,3-4,6,8-10,12,14-16,19,22,25-42H2,1-2H3,(H,48,50)(H,52,53)(H,54,55)/b7-5-,13-11-,18-17-,21-20-,24-23-. The topological polar surface area (TPSA) is 169 Å². The van der Waals surface area contributed by atoms with Crippen LogP contribution < -0.4 is 5.32 Å². The first-order chi connectivity index (χ1) is 28.6. The first-order valence-corrected chi connectivity index (χ1v) is 24.3. The van der Waals surface area contributed by atoms with Crippen LogP contribution in [0.25, 0.3) is 0 Å². The Kier molecular flexibility index (Phi) is 39.9. The highest BCUT2D eigenvalue weighted by Gasteiger charge is 2.28. The van der Waals surface area contributed by atoms with Gasteiger partial charge in [-0.05, 0) is 57.8 Å². The summed E-state index contributed by atoms with van der Waals surface area (Å²) in [6, 6.07) is -1.55. The number of phosphoric acid groups is 1. The average Bonchev–Trinajstić information content (AvgIpc) is 3.21. The van der Waals surface area contributed by atoms with Gasteiger partial charge in [-0.2, -0.15) is 0 Å². The van der Waals surface area contributed by atoms with E-state index in [1.54, 1.807) is 0 Å². The van der Waals surface area contributed by atoms with Gasteiger partial charge in [-0.15, -0.1) is 0 Å². The Morgan fingerprint density at radius 1 is 0.559 bits per heavy atom. The molecular formula is C47H82NO10P. The van der Waals surface area contributed by atoms with Gasteiger partial charge in [-0.25, -0.2) is 9.36 Å². The number of unbranched alkanes of at least 4 members (excludes halogenated alkanes) is 18. The van der Waals surface area contributed by atoms with Gasteiger partial charge in [0.1, 0.15) is 12.7 Å². The van der Waals surface area contributed by atoms with E-state index in [1.165, 1.54) is 64.2 Å².